The van der Waals surface area contributed by atoms with Gasteiger partial charge in [0.15, 0.2) is 0 Å². The number of urea groups is 1. The molecule has 0 aromatic rings. The highest BCUT2D eigenvalue weighted by Crippen LogP contribution is 2.09. The molecule has 0 unspecified atom stereocenters. The number of amides is 3. The smallest absolute Gasteiger partial charge is 0.326 e. The third-order valence-electron chi connectivity index (χ3n) is 5.76. The molecular weight excluding hydrogens is 486 g/mol. The fourth-order valence-electron chi connectivity index (χ4n) is 3.59. The van der Waals surface area contributed by atoms with Crippen LogP contribution in [-0.2, 0) is 24.0 Å². The predicted molar refractivity (Wildman–Crippen MR) is 135 cm³/mol. The molecule has 0 saturated carbocycles. The number of unbranched alkanes of at least 4 members (excludes halogenated alkanes) is 6. The van der Waals surface area contributed by atoms with Crippen LogP contribution in [0.25, 0.3) is 0 Å². The van der Waals surface area contributed by atoms with Crippen molar-refractivity contribution in [3.8, 4) is 0 Å². The number of hydrogen-bond acceptors (Lipinski definition) is 6. The summed E-state index contributed by atoms with van der Waals surface area (Å²) in [6.07, 6.45) is 8.33. The van der Waals surface area contributed by atoms with Crippen LogP contribution in [0.2, 0.25) is 0 Å². The van der Waals surface area contributed by atoms with E-state index < -0.39 is 42.4 Å². The summed E-state index contributed by atoms with van der Waals surface area (Å²) < 4.78 is 0. The van der Waals surface area contributed by atoms with Crippen LogP contribution >= 0.6 is 0 Å². The van der Waals surface area contributed by atoms with Gasteiger partial charge in [0.2, 0.25) is 5.91 Å². The minimum absolute atomic E-state index is 0.0721. The van der Waals surface area contributed by atoms with E-state index in [1.165, 1.54) is 0 Å². The molecule has 0 aliphatic rings. The van der Waals surface area contributed by atoms with Gasteiger partial charge in [-0.15, -0.1) is 0 Å². The van der Waals surface area contributed by atoms with Gasteiger partial charge in [0.05, 0.1) is 0 Å². The van der Waals surface area contributed by atoms with Gasteiger partial charge in [-0.3, -0.25) is 14.4 Å². The number of nitrogens with one attached hydrogen (secondary N) is 3. The van der Waals surface area contributed by atoms with Gasteiger partial charge in [-0.05, 0) is 44.9 Å². The maximum absolute atomic E-state index is 12.0. The van der Waals surface area contributed by atoms with Crippen molar-refractivity contribution in [1.82, 2.24) is 16.0 Å². The third kappa shape index (κ3) is 19.7. The Hall–Kier alpha value is -3.18. The Bertz CT molecular complexity index is 743. The van der Waals surface area contributed by atoms with E-state index in [0.717, 1.165) is 44.9 Å². The monoisotopic (exact) mass is 529 g/mol. The number of Topliss-reactive ketones (excluding diaryl/α,β-unsaturated/α-hetero) is 1. The summed E-state index contributed by atoms with van der Waals surface area (Å²) in [6.45, 7) is 2.47. The largest absolute Gasteiger partial charge is 0.481 e. The number of carboxylic acid groups (broad SMARTS) is 3. The number of rotatable bonds is 23. The lowest BCUT2D eigenvalue weighted by atomic mass is 10.0. The number of carbonyl (C=O) groups excluding carboxylic acids is 3. The predicted octanol–water partition coefficient (Wildman–Crippen LogP) is 2.83. The van der Waals surface area contributed by atoms with Crippen LogP contribution in [0, 0.1) is 0 Å². The van der Waals surface area contributed by atoms with Crippen LogP contribution in [0.1, 0.15) is 103 Å². The van der Waals surface area contributed by atoms with Crippen molar-refractivity contribution in [2.24, 2.45) is 0 Å². The second-order valence-corrected chi connectivity index (χ2v) is 9.09. The lowest BCUT2D eigenvalue weighted by Crippen LogP contribution is -2.51. The Morgan fingerprint density at radius 3 is 1.70 bits per heavy atom. The highest BCUT2D eigenvalue weighted by molar-refractivity contribution is 5.86. The molecule has 2 atom stereocenters. The van der Waals surface area contributed by atoms with Crippen molar-refractivity contribution < 1.29 is 44.1 Å². The number of carbonyl (C=O) groups is 6. The number of ketones is 1. The molecule has 12 nitrogen and oxygen atoms in total. The first kappa shape index (κ1) is 33.8. The Morgan fingerprint density at radius 1 is 0.622 bits per heavy atom. The third-order valence-corrected chi connectivity index (χ3v) is 5.76. The average Bonchev–Trinajstić information content (AvgIpc) is 2.82. The maximum atomic E-state index is 12.0. The van der Waals surface area contributed by atoms with Crippen LogP contribution in [0.15, 0.2) is 0 Å². The molecule has 0 aliphatic carbocycles. The fourth-order valence-corrected chi connectivity index (χ4v) is 3.59. The molecule has 37 heavy (non-hydrogen) atoms. The Morgan fingerprint density at radius 2 is 1.16 bits per heavy atom. The van der Waals surface area contributed by atoms with E-state index in [1.54, 1.807) is 0 Å². The topological polar surface area (TPSA) is 199 Å². The Balaban J connectivity index is 4.03. The van der Waals surface area contributed by atoms with Crippen molar-refractivity contribution in [2.45, 2.75) is 115 Å². The number of carboxylic acids is 3. The second-order valence-electron chi connectivity index (χ2n) is 9.09. The van der Waals surface area contributed by atoms with Gasteiger partial charge in [0.1, 0.15) is 17.9 Å². The van der Waals surface area contributed by atoms with Gasteiger partial charge in [-0.25, -0.2) is 14.4 Å². The van der Waals surface area contributed by atoms with E-state index in [1.807, 2.05) is 0 Å². The molecule has 6 N–H and O–H groups in total. The van der Waals surface area contributed by atoms with E-state index >= 15 is 0 Å². The average molecular weight is 530 g/mol. The van der Waals surface area contributed by atoms with Crippen molar-refractivity contribution in [2.75, 3.05) is 6.54 Å². The molecule has 12 heteroatoms. The van der Waals surface area contributed by atoms with E-state index in [-0.39, 0.29) is 18.7 Å². The van der Waals surface area contributed by atoms with Gasteiger partial charge in [0, 0.05) is 32.2 Å². The summed E-state index contributed by atoms with van der Waals surface area (Å²) >= 11 is 0. The number of hydrogen-bond donors (Lipinski definition) is 6. The van der Waals surface area contributed by atoms with Crippen molar-refractivity contribution in [3.63, 3.8) is 0 Å². The molecule has 0 aliphatic heterocycles. The first-order valence-corrected chi connectivity index (χ1v) is 13.1. The van der Waals surface area contributed by atoms with Crippen LogP contribution in [0.3, 0.4) is 0 Å². The minimum atomic E-state index is -1.46. The molecule has 212 valence electrons. The van der Waals surface area contributed by atoms with Crippen molar-refractivity contribution >= 4 is 35.6 Å². The summed E-state index contributed by atoms with van der Waals surface area (Å²) in [5.74, 6) is -3.72. The molecule has 0 aromatic carbocycles. The fraction of sp³-hybridized carbons (Fsp3) is 0.760. The molecule has 0 spiro atoms. The van der Waals surface area contributed by atoms with Gasteiger partial charge in [-0.2, -0.15) is 0 Å². The van der Waals surface area contributed by atoms with Crippen molar-refractivity contribution in [1.29, 1.82) is 0 Å². The van der Waals surface area contributed by atoms with E-state index in [4.69, 9.17) is 10.2 Å². The lowest BCUT2D eigenvalue weighted by Gasteiger charge is -2.18. The summed E-state index contributed by atoms with van der Waals surface area (Å²) in [7, 11) is 0. The molecule has 0 rings (SSSR count). The highest BCUT2D eigenvalue weighted by Gasteiger charge is 2.24. The van der Waals surface area contributed by atoms with E-state index in [2.05, 4.69) is 22.9 Å². The first-order valence-electron chi connectivity index (χ1n) is 13.1. The van der Waals surface area contributed by atoms with Crippen molar-refractivity contribution in [3.05, 3.63) is 0 Å². The normalized spacial score (nSPS) is 12.2. The van der Waals surface area contributed by atoms with Gasteiger partial charge in [-0.1, -0.05) is 32.6 Å². The molecular formula is C25H43N3O9. The standard InChI is InChI=1S/C25H43N3O9/c1-2-3-6-11-18(29)12-7-4-5-8-14-21(30)26-17-10-9-13-19(23(33)34)27-25(37)28-20(24(35)36)15-16-22(31)32/h19-20H,2-17H2,1H3,(H,26,30)(H,31,32)(H,33,34)(H,35,36)(H2,27,28,37)/t19-,20-/m0/s1. The quantitative estimate of drug-likeness (QED) is 0.108. The summed E-state index contributed by atoms with van der Waals surface area (Å²) in [4.78, 5) is 68.8. The number of aliphatic carboxylic acids is 3. The zero-order valence-electron chi connectivity index (χ0n) is 21.8. The van der Waals surface area contributed by atoms with Gasteiger partial charge in [0.25, 0.3) is 0 Å². The van der Waals surface area contributed by atoms with Crippen LogP contribution in [0.5, 0.6) is 0 Å². The summed E-state index contributed by atoms with van der Waals surface area (Å²) in [5, 5.41) is 34.1. The van der Waals surface area contributed by atoms with Crippen LogP contribution < -0.4 is 16.0 Å². The van der Waals surface area contributed by atoms with Crippen LogP contribution in [-0.4, -0.2) is 69.6 Å². The minimum Gasteiger partial charge on any atom is -0.481 e. The summed E-state index contributed by atoms with van der Waals surface area (Å²) in [6, 6.07) is -3.73. The summed E-state index contributed by atoms with van der Waals surface area (Å²) in [5.41, 5.74) is 0. The van der Waals surface area contributed by atoms with Gasteiger partial charge >= 0.3 is 23.9 Å². The molecule has 0 radical (unpaired) electrons. The molecule has 3 amide bonds. The Labute approximate surface area is 217 Å². The van der Waals surface area contributed by atoms with Gasteiger partial charge < -0.3 is 31.3 Å². The highest BCUT2D eigenvalue weighted by atomic mass is 16.4. The van der Waals surface area contributed by atoms with E-state index in [0.29, 0.717) is 44.4 Å². The molecule has 0 fully saturated rings. The first-order chi connectivity index (χ1) is 17.6. The molecule has 0 bridgehead atoms. The lowest BCUT2D eigenvalue weighted by molar-refractivity contribution is -0.141. The molecule has 0 aromatic heterocycles. The maximum Gasteiger partial charge on any atom is 0.326 e. The zero-order chi connectivity index (χ0) is 28.1. The SMILES string of the molecule is CCCCCC(=O)CCCCCCC(=O)NCCCC[C@H](NC(=O)N[C@@H](CCC(=O)O)C(=O)O)C(=O)O. The molecule has 0 saturated heterocycles. The Kier molecular flexibility index (Phi) is 19.2. The second kappa shape index (κ2) is 21.0. The zero-order valence-corrected chi connectivity index (χ0v) is 21.8. The molecule has 0 heterocycles. The van der Waals surface area contributed by atoms with E-state index in [9.17, 15) is 33.9 Å². The van der Waals surface area contributed by atoms with Crippen LogP contribution in [0.4, 0.5) is 4.79 Å².